The lowest BCUT2D eigenvalue weighted by atomic mass is 10.1. The first-order valence-corrected chi connectivity index (χ1v) is 8.96. The number of carbonyl (C=O) groups excluding carboxylic acids is 1. The van der Waals surface area contributed by atoms with Crippen molar-refractivity contribution in [2.75, 3.05) is 18.2 Å². The largest absolute Gasteiger partial charge is 0.497 e. The van der Waals surface area contributed by atoms with Crippen LogP contribution in [0.4, 0.5) is 5.69 Å². The van der Waals surface area contributed by atoms with Crippen LogP contribution in [0.3, 0.4) is 0 Å². The number of aryl methyl sites for hydroxylation is 1. The molecule has 5 nitrogen and oxygen atoms in total. The summed E-state index contributed by atoms with van der Waals surface area (Å²) in [5.41, 5.74) is 3.06. The minimum absolute atomic E-state index is 0.163. The molecule has 0 bridgehead atoms. The minimum Gasteiger partial charge on any atom is -0.497 e. The summed E-state index contributed by atoms with van der Waals surface area (Å²) in [5, 5.41) is 13.7. The van der Waals surface area contributed by atoms with E-state index in [1.165, 1.54) is 11.8 Å². The quantitative estimate of drug-likeness (QED) is 0.689. The lowest BCUT2D eigenvalue weighted by molar-refractivity contribution is -0.113. The molecule has 0 radical (unpaired) electrons. The van der Waals surface area contributed by atoms with Crippen LogP contribution in [-0.4, -0.2) is 23.8 Å². The molecule has 1 heterocycles. The van der Waals surface area contributed by atoms with Crippen molar-refractivity contribution >= 4 is 34.3 Å². The van der Waals surface area contributed by atoms with Gasteiger partial charge in [-0.25, -0.2) is 4.98 Å². The fourth-order valence-corrected chi connectivity index (χ4v) is 3.26. The zero-order chi connectivity index (χ0) is 18.5. The summed E-state index contributed by atoms with van der Waals surface area (Å²) in [7, 11) is 1.58. The van der Waals surface area contributed by atoms with Crippen molar-refractivity contribution in [3.8, 4) is 11.8 Å². The lowest BCUT2D eigenvalue weighted by Gasteiger charge is -2.08. The van der Waals surface area contributed by atoms with Gasteiger partial charge in [0, 0.05) is 17.1 Å². The van der Waals surface area contributed by atoms with Crippen LogP contribution in [-0.2, 0) is 4.79 Å². The Morgan fingerprint density at radius 3 is 2.88 bits per heavy atom. The third-order valence-electron chi connectivity index (χ3n) is 3.75. The molecule has 2 aromatic carbocycles. The number of ether oxygens (including phenoxy) is 1. The summed E-state index contributed by atoms with van der Waals surface area (Å²) in [4.78, 5) is 16.7. The summed E-state index contributed by atoms with van der Waals surface area (Å²) < 4.78 is 5.14. The van der Waals surface area contributed by atoms with Crippen LogP contribution in [0, 0.1) is 18.3 Å². The fourth-order valence-electron chi connectivity index (χ4n) is 2.50. The zero-order valence-electron chi connectivity index (χ0n) is 14.4. The van der Waals surface area contributed by atoms with E-state index in [4.69, 9.17) is 4.74 Å². The number of benzene rings is 2. The van der Waals surface area contributed by atoms with Crippen molar-refractivity contribution < 1.29 is 9.53 Å². The van der Waals surface area contributed by atoms with Crippen molar-refractivity contribution in [1.82, 2.24) is 4.98 Å². The Kier molecular flexibility index (Phi) is 5.40. The van der Waals surface area contributed by atoms with E-state index >= 15 is 0 Å². The highest BCUT2D eigenvalue weighted by atomic mass is 32.2. The molecule has 0 saturated carbocycles. The highest BCUT2D eigenvalue weighted by Gasteiger charge is 2.11. The third-order valence-corrected chi connectivity index (χ3v) is 4.74. The number of methoxy groups -OCH3 is 1. The third kappa shape index (κ3) is 4.13. The van der Waals surface area contributed by atoms with Crippen LogP contribution in [0.1, 0.15) is 11.1 Å². The number of nitriles is 1. The van der Waals surface area contributed by atoms with Crippen LogP contribution in [0.5, 0.6) is 5.75 Å². The van der Waals surface area contributed by atoms with E-state index in [1.807, 2.05) is 43.3 Å². The van der Waals surface area contributed by atoms with E-state index < -0.39 is 0 Å². The van der Waals surface area contributed by atoms with E-state index in [0.717, 1.165) is 16.5 Å². The summed E-state index contributed by atoms with van der Waals surface area (Å²) in [5.74, 6) is 0.669. The highest BCUT2D eigenvalue weighted by molar-refractivity contribution is 8.00. The molecule has 0 atom stereocenters. The van der Waals surface area contributed by atoms with Crippen LogP contribution in [0.2, 0.25) is 0 Å². The van der Waals surface area contributed by atoms with Gasteiger partial charge in [-0.1, -0.05) is 29.5 Å². The molecule has 0 aliphatic heterocycles. The Bertz CT molecular complexity index is 1010. The van der Waals surface area contributed by atoms with Gasteiger partial charge in [-0.15, -0.1) is 0 Å². The zero-order valence-corrected chi connectivity index (χ0v) is 15.3. The number of fused-ring (bicyclic) bond motifs is 1. The van der Waals surface area contributed by atoms with Crippen molar-refractivity contribution in [3.63, 3.8) is 0 Å². The standard InChI is InChI=1S/C20H17N3O2S/c1-13-6-7-18-14(8-13)9-15(11-21)20(23-18)26-12-19(24)22-16-4-3-5-17(10-16)25-2/h3-10H,12H2,1-2H3,(H,22,24). The Morgan fingerprint density at radius 1 is 1.27 bits per heavy atom. The van der Waals surface area contributed by atoms with Gasteiger partial charge in [0.15, 0.2) is 0 Å². The average Bonchev–Trinajstić information content (AvgIpc) is 2.65. The smallest absolute Gasteiger partial charge is 0.234 e. The summed E-state index contributed by atoms with van der Waals surface area (Å²) >= 11 is 1.25. The number of aromatic nitrogens is 1. The van der Waals surface area contributed by atoms with Gasteiger partial charge >= 0.3 is 0 Å². The molecule has 3 rings (SSSR count). The molecule has 0 fully saturated rings. The van der Waals surface area contributed by atoms with Crippen LogP contribution < -0.4 is 10.1 Å². The van der Waals surface area contributed by atoms with Gasteiger partial charge in [-0.2, -0.15) is 5.26 Å². The summed E-state index contributed by atoms with van der Waals surface area (Å²) in [6, 6.07) is 17.0. The van der Waals surface area contributed by atoms with Gasteiger partial charge in [0.25, 0.3) is 0 Å². The van der Waals surface area contributed by atoms with Crippen molar-refractivity contribution in [3.05, 3.63) is 59.7 Å². The predicted octanol–water partition coefficient (Wildman–Crippen LogP) is 4.15. The summed E-state index contributed by atoms with van der Waals surface area (Å²) in [6.45, 7) is 2.00. The maximum atomic E-state index is 12.2. The van der Waals surface area contributed by atoms with Crippen LogP contribution >= 0.6 is 11.8 Å². The Hall–Kier alpha value is -3.04. The number of hydrogen-bond donors (Lipinski definition) is 1. The average molecular weight is 363 g/mol. The molecule has 0 spiro atoms. The van der Waals surface area contributed by atoms with E-state index in [-0.39, 0.29) is 11.7 Å². The SMILES string of the molecule is COc1cccc(NC(=O)CSc2nc3ccc(C)cc3cc2C#N)c1. The maximum Gasteiger partial charge on any atom is 0.234 e. The van der Waals surface area contributed by atoms with E-state index in [9.17, 15) is 10.1 Å². The second-order valence-corrected chi connectivity index (χ2v) is 6.68. The molecule has 0 aliphatic rings. The van der Waals surface area contributed by atoms with Crippen molar-refractivity contribution in [1.29, 1.82) is 5.26 Å². The number of anilines is 1. The molecule has 0 unspecified atom stereocenters. The van der Waals surface area contributed by atoms with Gasteiger partial charge < -0.3 is 10.1 Å². The van der Waals surface area contributed by atoms with Gasteiger partial charge in [0.2, 0.25) is 5.91 Å². The molecule has 3 aromatic rings. The topological polar surface area (TPSA) is 75.0 Å². The van der Waals surface area contributed by atoms with Crippen molar-refractivity contribution in [2.45, 2.75) is 11.9 Å². The first-order chi connectivity index (χ1) is 12.6. The molecular weight excluding hydrogens is 346 g/mol. The molecule has 0 aliphatic carbocycles. The van der Waals surface area contributed by atoms with Gasteiger partial charge in [0.1, 0.15) is 16.8 Å². The van der Waals surface area contributed by atoms with Gasteiger partial charge in [0.05, 0.1) is 23.9 Å². The number of rotatable bonds is 5. The first-order valence-electron chi connectivity index (χ1n) is 7.97. The molecule has 1 N–H and O–H groups in total. The van der Waals surface area contributed by atoms with E-state index in [0.29, 0.717) is 22.0 Å². The number of nitrogens with one attached hydrogen (secondary N) is 1. The maximum absolute atomic E-state index is 12.2. The Morgan fingerprint density at radius 2 is 2.12 bits per heavy atom. The fraction of sp³-hybridized carbons (Fsp3) is 0.150. The molecule has 6 heteroatoms. The monoisotopic (exact) mass is 363 g/mol. The predicted molar refractivity (Wildman–Crippen MR) is 104 cm³/mol. The van der Waals surface area contributed by atoms with Crippen molar-refractivity contribution in [2.24, 2.45) is 0 Å². The minimum atomic E-state index is -0.169. The van der Waals surface area contributed by atoms with E-state index in [1.54, 1.807) is 19.2 Å². The van der Waals surface area contributed by atoms with Gasteiger partial charge in [-0.05, 0) is 37.3 Å². The Balaban J connectivity index is 1.73. The first kappa shape index (κ1) is 17.8. The second-order valence-electron chi connectivity index (χ2n) is 5.72. The molecular formula is C20H17N3O2S. The number of carbonyl (C=O) groups is 1. The number of thioether (sulfide) groups is 1. The number of hydrogen-bond acceptors (Lipinski definition) is 5. The normalized spacial score (nSPS) is 10.3. The van der Waals surface area contributed by atoms with Crippen LogP contribution in [0.25, 0.3) is 10.9 Å². The molecule has 1 aromatic heterocycles. The molecule has 130 valence electrons. The molecule has 26 heavy (non-hydrogen) atoms. The number of nitrogens with zero attached hydrogens (tertiary/aromatic N) is 2. The highest BCUT2D eigenvalue weighted by Crippen LogP contribution is 2.25. The van der Waals surface area contributed by atoms with E-state index in [2.05, 4.69) is 16.4 Å². The molecule has 0 saturated heterocycles. The number of pyridine rings is 1. The summed E-state index contributed by atoms with van der Waals surface area (Å²) in [6.07, 6.45) is 0. The van der Waals surface area contributed by atoms with Gasteiger partial charge in [-0.3, -0.25) is 4.79 Å². The number of amides is 1. The lowest BCUT2D eigenvalue weighted by Crippen LogP contribution is -2.14. The van der Waals surface area contributed by atoms with Crippen LogP contribution in [0.15, 0.2) is 53.6 Å². The Labute approximate surface area is 156 Å². The second kappa shape index (κ2) is 7.89. The molecule has 1 amide bonds.